The van der Waals surface area contributed by atoms with Crippen LogP contribution in [0.3, 0.4) is 0 Å². The molecule has 0 spiro atoms. The largest absolute Gasteiger partial charge is 0.494 e. The summed E-state index contributed by atoms with van der Waals surface area (Å²) in [6.07, 6.45) is 0. The van der Waals surface area contributed by atoms with Gasteiger partial charge in [0.25, 0.3) is 0 Å². The topological polar surface area (TPSA) is 44.7 Å². The highest BCUT2D eigenvalue weighted by molar-refractivity contribution is 6.62. The number of fused-ring (bicyclic) bond motifs is 10. The van der Waals surface area contributed by atoms with Crippen molar-refractivity contribution in [2.24, 2.45) is 0 Å². The molecule has 0 aliphatic carbocycles. The maximum Gasteiger partial charge on any atom is 0.494 e. The van der Waals surface area contributed by atoms with E-state index in [2.05, 4.69) is 76.2 Å². The van der Waals surface area contributed by atoms with Gasteiger partial charge in [0.1, 0.15) is 22.3 Å². The Balaban J connectivity index is 0.000000140. The summed E-state index contributed by atoms with van der Waals surface area (Å²) in [6, 6.07) is 36.9. The van der Waals surface area contributed by atoms with Crippen LogP contribution in [0.4, 0.5) is 0 Å². The minimum absolute atomic E-state index is 0.336. The van der Waals surface area contributed by atoms with Crippen molar-refractivity contribution >= 4 is 89.6 Å². The third-order valence-corrected chi connectivity index (χ3v) is 9.46. The standard InChI is InChI=1S/C22H21BO3.C16H9ClO/c1-21(2)22(3,4)26-23(25-21)15-10-11-16-14(13-15)9-12-19-20(16)17-7-5-6-8-18(17)24-19;17-11-6-7-12-10(9-11)5-8-15-16(12)13-3-1-2-4-14(13)18-15/h5-13H,1-4H3;1-9H. The smallest absolute Gasteiger partial charge is 0.456 e. The SMILES string of the molecule is CC1(C)OB(c2ccc3c(ccc4oc5ccccc5c43)c2)OC1(C)C.Clc1ccc2c(ccc3oc4ccccc4c32)c1. The van der Waals surface area contributed by atoms with Crippen molar-refractivity contribution < 1.29 is 18.1 Å². The number of hydrogen-bond acceptors (Lipinski definition) is 4. The van der Waals surface area contributed by atoms with E-state index >= 15 is 0 Å². The second-order valence-corrected chi connectivity index (χ2v) is 12.9. The van der Waals surface area contributed by atoms with Crippen molar-refractivity contribution in [1.82, 2.24) is 0 Å². The molecule has 6 aromatic carbocycles. The average Bonchev–Trinajstić information content (AvgIpc) is 3.65. The number of furan rings is 2. The van der Waals surface area contributed by atoms with Crippen LogP contribution in [0.1, 0.15) is 27.7 Å². The first-order valence-corrected chi connectivity index (χ1v) is 15.3. The molecule has 1 fully saturated rings. The van der Waals surface area contributed by atoms with Gasteiger partial charge in [0.2, 0.25) is 0 Å². The first-order chi connectivity index (χ1) is 21.2. The van der Waals surface area contributed by atoms with E-state index in [-0.39, 0.29) is 18.3 Å². The van der Waals surface area contributed by atoms with Gasteiger partial charge in [-0.1, -0.05) is 84.4 Å². The second kappa shape index (κ2) is 9.86. The molecule has 6 heteroatoms. The van der Waals surface area contributed by atoms with Gasteiger partial charge < -0.3 is 18.1 Å². The zero-order valence-corrected chi connectivity index (χ0v) is 25.7. The van der Waals surface area contributed by atoms with Gasteiger partial charge in [-0.05, 0) is 91.1 Å². The van der Waals surface area contributed by atoms with Crippen molar-refractivity contribution in [3.05, 3.63) is 114 Å². The van der Waals surface area contributed by atoms with Crippen LogP contribution in [0.15, 0.2) is 118 Å². The van der Waals surface area contributed by atoms with Crippen molar-refractivity contribution in [2.75, 3.05) is 0 Å². The molecule has 0 N–H and O–H groups in total. The Morgan fingerprint density at radius 1 is 0.500 bits per heavy atom. The van der Waals surface area contributed by atoms with Gasteiger partial charge >= 0.3 is 7.12 Å². The number of halogens is 1. The van der Waals surface area contributed by atoms with Crippen LogP contribution >= 0.6 is 11.6 Å². The summed E-state index contributed by atoms with van der Waals surface area (Å²) in [5, 5.41) is 10.1. The fourth-order valence-electron chi connectivity index (χ4n) is 6.22. The Labute approximate surface area is 260 Å². The van der Waals surface area contributed by atoms with Gasteiger partial charge in [-0.25, -0.2) is 0 Å². The van der Waals surface area contributed by atoms with E-state index in [0.717, 1.165) is 54.4 Å². The Bertz CT molecular complexity index is 2370. The van der Waals surface area contributed by atoms with E-state index < -0.39 is 0 Å². The molecule has 2 aromatic heterocycles. The maximum atomic E-state index is 6.20. The van der Waals surface area contributed by atoms with Crippen molar-refractivity contribution in [3.63, 3.8) is 0 Å². The molecule has 0 unspecified atom stereocenters. The molecule has 3 heterocycles. The summed E-state index contributed by atoms with van der Waals surface area (Å²) in [5.41, 5.74) is 4.06. The summed E-state index contributed by atoms with van der Waals surface area (Å²) < 4.78 is 24.3. The molecule has 1 aliphatic rings. The summed E-state index contributed by atoms with van der Waals surface area (Å²) >= 11 is 6.04. The number of rotatable bonds is 1. The number of hydrogen-bond donors (Lipinski definition) is 0. The lowest BCUT2D eigenvalue weighted by Crippen LogP contribution is -2.41. The Hall–Kier alpha value is -4.29. The van der Waals surface area contributed by atoms with Gasteiger partial charge in [0, 0.05) is 26.6 Å². The molecule has 1 saturated heterocycles. The minimum Gasteiger partial charge on any atom is -0.456 e. The van der Waals surface area contributed by atoms with E-state index in [1.807, 2.05) is 60.7 Å². The zero-order valence-electron chi connectivity index (χ0n) is 25.0. The highest BCUT2D eigenvalue weighted by atomic mass is 35.5. The molecule has 0 atom stereocenters. The molecule has 0 amide bonds. The molecule has 1 aliphatic heterocycles. The molecular formula is C38H30BClO4. The van der Waals surface area contributed by atoms with Crippen LogP contribution < -0.4 is 5.46 Å². The second-order valence-electron chi connectivity index (χ2n) is 12.5. The molecule has 0 bridgehead atoms. The summed E-state index contributed by atoms with van der Waals surface area (Å²) in [6.45, 7) is 8.31. The minimum atomic E-state index is -0.346. The van der Waals surface area contributed by atoms with E-state index in [9.17, 15) is 0 Å². The third-order valence-electron chi connectivity index (χ3n) is 9.23. The van der Waals surface area contributed by atoms with Crippen LogP contribution in [0.25, 0.3) is 65.4 Å². The summed E-state index contributed by atoms with van der Waals surface area (Å²) in [4.78, 5) is 0. The monoisotopic (exact) mass is 596 g/mol. The van der Waals surface area contributed by atoms with Gasteiger partial charge in [0.15, 0.2) is 0 Å². The lowest BCUT2D eigenvalue weighted by molar-refractivity contribution is 0.00578. The quantitative estimate of drug-likeness (QED) is 0.177. The molecule has 9 rings (SSSR count). The first-order valence-electron chi connectivity index (χ1n) is 14.9. The Morgan fingerprint density at radius 2 is 1.00 bits per heavy atom. The van der Waals surface area contributed by atoms with Gasteiger partial charge in [0.05, 0.1) is 11.2 Å². The third kappa shape index (κ3) is 4.30. The van der Waals surface area contributed by atoms with Crippen LogP contribution in [-0.2, 0) is 9.31 Å². The maximum absolute atomic E-state index is 6.20. The van der Waals surface area contributed by atoms with Crippen LogP contribution in [0.5, 0.6) is 0 Å². The highest BCUT2D eigenvalue weighted by Crippen LogP contribution is 2.38. The number of para-hydroxylation sites is 2. The van der Waals surface area contributed by atoms with Crippen molar-refractivity contribution in [2.45, 2.75) is 38.9 Å². The zero-order chi connectivity index (χ0) is 30.2. The van der Waals surface area contributed by atoms with Crippen LogP contribution in [0.2, 0.25) is 5.02 Å². The average molecular weight is 597 g/mol. The molecule has 8 aromatic rings. The molecule has 4 nitrogen and oxygen atoms in total. The summed E-state index contributed by atoms with van der Waals surface area (Å²) in [5.74, 6) is 0. The lowest BCUT2D eigenvalue weighted by Gasteiger charge is -2.32. The molecule has 44 heavy (non-hydrogen) atoms. The van der Waals surface area contributed by atoms with E-state index in [0.29, 0.717) is 0 Å². The fourth-order valence-corrected chi connectivity index (χ4v) is 6.40. The van der Waals surface area contributed by atoms with E-state index in [1.54, 1.807) is 0 Å². The normalized spacial score (nSPS) is 16.0. The number of benzene rings is 6. The fraction of sp³-hybridized carbons (Fsp3) is 0.158. The molecule has 216 valence electrons. The highest BCUT2D eigenvalue weighted by Gasteiger charge is 2.51. The molecule has 0 radical (unpaired) electrons. The molecule has 0 saturated carbocycles. The van der Waals surface area contributed by atoms with Crippen LogP contribution in [0, 0.1) is 0 Å². The first kappa shape index (κ1) is 27.3. The van der Waals surface area contributed by atoms with E-state index in [1.165, 1.54) is 21.5 Å². The predicted octanol–water partition coefficient (Wildman–Crippen LogP) is 10.4. The van der Waals surface area contributed by atoms with Crippen molar-refractivity contribution in [3.8, 4) is 0 Å². The van der Waals surface area contributed by atoms with Crippen molar-refractivity contribution in [1.29, 1.82) is 0 Å². The van der Waals surface area contributed by atoms with Crippen LogP contribution in [-0.4, -0.2) is 18.3 Å². The van der Waals surface area contributed by atoms with E-state index in [4.69, 9.17) is 29.7 Å². The predicted molar refractivity (Wildman–Crippen MR) is 183 cm³/mol. The van der Waals surface area contributed by atoms with Gasteiger partial charge in [-0.2, -0.15) is 0 Å². The van der Waals surface area contributed by atoms with Gasteiger partial charge in [-0.3, -0.25) is 0 Å². The Kier molecular flexibility index (Phi) is 6.12. The van der Waals surface area contributed by atoms with Gasteiger partial charge in [-0.15, -0.1) is 0 Å². The lowest BCUT2D eigenvalue weighted by atomic mass is 9.78. The molecular weight excluding hydrogens is 567 g/mol. The summed E-state index contributed by atoms with van der Waals surface area (Å²) in [7, 11) is -0.346. The Morgan fingerprint density at radius 3 is 1.57 bits per heavy atom.